The monoisotopic (exact) mass is 545 g/mol. The lowest BCUT2D eigenvalue weighted by atomic mass is 10.1. The summed E-state index contributed by atoms with van der Waals surface area (Å²) >= 11 is 0. The Morgan fingerprint density at radius 3 is 2.79 bits per heavy atom. The second kappa shape index (κ2) is 14.0. The number of hydrogen-bond donors (Lipinski definition) is 1. The summed E-state index contributed by atoms with van der Waals surface area (Å²) in [5, 5.41) is 2.87. The zero-order valence-corrected chi connectivity index (χ0v) is 23.0. The van der Waals surface area contributed by atoms with Crippen LogP contribution < -0.4 is 14.8 Å². The molecule has 206 valence electrons. The minimum atomic E-state index is -0.150. The molecule has 11 heteroatoms. The number of fused-ring (bicyclic) bond motifs is 1. The summed E-state index contributed by atoms with van der Waals surface area (Å²) in [6.07, 6.45) is 4.93. The average molecular weight is 546 g/mol. The van der Waals surface area contributed by atoms with Gasteiger partial charge in [0.25, 0.3) is 0 Å². The zero-order chi connectivity index (χ0) is 26.2. The topological polar surface area (TPSA) is 96.5 Å². The lowest BCUT2D eigenvalue weighted by molar-refractivity contribution is -0.125. The van der Waals surface area contributed by atoms with E-state index in [0.717, 1.165) is 49.5 Å². The highest BCUT2D eigenvalue weighted by Gasteiger charge is 2.24. The molecule has 1 aromatic carbocycles. The van der Waals surface area contributed by atoms with Crippen LogP contribution in [0.15, 0.2) is 36.5 Å². The Balaban J connectivity index is 0.00000400. The first kappa shape index (κ1) is 29.2. The van der Waals surface area contributed by atoms with Gasteiger partial charge in [-0.1, -0.05) is 12.1 Å². The molecule has 1 aromatic heterocycles. The molecule has 0 spiro atoms. The van der Waals surface area contributed by atoms with Crippen molar-refractivity contribution in [1.29, 1.82) is 0 Å². The summed E-state index contributed by atoms with van der Waals surface area (Å²) in [6.45, 7) is 7.93. The number of hydrogen-bond acceptors (Lipinski definition) is 7. The Bertz CT molecular complexity index is 1140. The molecule has 1 N–H and O–H groups in total. The number of rotatable bonds is 10. The molecule has 0 aliphatic carbocycles. The third kappa shape index (κ3) is 7.37. The number of pyridine rings is 1. The molecule has 0 atom stereocenters. The van der Waals surface area contributed by atoms with Crippen LogP contribution in [0.25, 0.3) is 6.08 Å². The van der Waals surface area contributed by atoms with Crippen LogP contribution in [0, 0.1) is 0 Å². The Labute approximate surface area is 229 Å². The number of urea groups is 1. The van der Waals surface area contributed by atoms with Gasteiger partial charge in [-0.05, 0) is 30.7 Å². The molecule has 2 aliphatic rings. The van der Waals surface area contributed by atoms with Crippen LogP contribution in [0.4, 0.5) is 10.6 Å². The Kier molecular flexibility index (Phi) is 10.8. The minimum Gasteiger partial charge on any atom is -0.493 e. The molecule has 4 rings (SSSR count). The fourth-order valence-electron chi connectivity index (χ4n) is 4.36. The number of nitrogens with zero attached hydrogens (tertiary/aromatic N) is 4. The summed E-state index contributed by atoms with van der Waals surface area (Å²) in [6, 6.07) is 7.46. The van der Waals surface area contributed by atoms with Crippen molar-refractivity contribution in [3.05, 3.63) is 53.2 Å². The summed E-state index contributed by atoms with van der Waals surface area (Å²) < 4.78 is 16.6. The van der Waals surface area contributed by atoms with Crippen LogP contribution in [0.1, 0.15) is 23.6 Å². The molecule has 2 aromatic rings. The van der Waals surface area contributed by atoms with Gasteiger partial charge in [-0.2, -0.15) is 0 Å². The number of morpholine rings is 1. The van der Waals surface area contributed by atoms with Crippen LogP contribution in [-0.2, 0) is 22.6 Å². The molecular weight excluding hydrogens is 510 g/mol. The highest BCUT2D eigenvalue weighted by molar-refractivity contribution is 5.93. The van der Waals surface area contributed by atoms with Crippen LogP contribution in [0.5, 0.6) is 11.5 Å². The van der Waals surface area contributed by atoms with Crippen molar-refractivity contribution in [2.24, 2.45) is 0 Å². The zero-order valence-electron chi connectivity index (χ0n) is 22.1. The molecule has 38 heavy (non-hydrogen) atoms. The molecule has 3 heterocycles. The summed E-state index contributed by atoms with van der Waals surface area (Å²) in [4.78, 5) is 35.5. The summed E-state index contributed by atoms with van der Waals surface area (Å²) in [5.41, 5.74) is 2.58. The van der Waals surface area contributed by atoms with Gasteiger partial charge in [-0.3, -0.25) is 15.0 Å². The average Bonchev–Trinajstić information content (AvgIpc) is 2.92. The molecule has 0 radical (unpaired) electrons. The lowest BCUT2D eigenvalue weighted by Gasteiger charge is -2.32. The number of carbonyl (C=O) groups excluding carboxylic acids is 2. The molecule has 10 nitrogen and oxygen atoms in total. The van der Waals surface area contributed by atoms with Gasteiger partial charge in [0.05, 0.1) is 33.5 Å². The van der Waals surface area contributed by atoms with E-state index in [1.165, 1.54) is 6.08 Å². The fourth-order valence-corrected chi connectivity index (χ4v) is 4.36. The maximum Gasteiger partial charge on any atom is 0.323 e. The third-order valence-electron chi connectivity index (χ3n) is 6.42. The third-order valence-corrected chi connectivity index (χ3v) is 6.42. The van der Waals surface area contributed by atoms with Crippen molar-refractivity contribution in [1.82, 2.24) is 19.7 Å². The number of anilines is 1. The number of aromatic nitrogens is 1. The van der Waals surface area contributed by atoms with Crippen LogP contribution in [0.3, 0.4) is 0 Å². The largest absolute Gasteiger partial charge is 0.493 e. The highest BCUT2D eigenvalue weighted by Crippen LogP contribution is 2.32. The number of halogens is 1. The van der Waals surface area contributed by atoms with Gasteiger partial charge < -0.3 is 24.0 Å². The first-order valence-electron chi connectivity index (χ1n) is 12.5. The first-order valence-corrected chi connectivity index (χ1v) is 12.5. The van der Waals surface area contributed by atoms with E-state index in [1.807, 2.05) is 31.2 Å². The fraction of sp³-hybridized carbons (Fsp3) is 0.444. The lowest BCUT2D eigenvalue weighted by Crippen LogP contribution is -2.45. The number of carbonyl (C=O) groups is 2. The molecule has 1 saturated heterocycles. The van der Waals surface area contributed by atoms with Crippen LogP contribution >= 0.6 is 12.4 Å². The van der Waals surface area contributed by atoms with Crippen molar-refractivity contribution in [3.8, 4) is 11.5 Å². The molecule has 2 aliphatic heterocycles. The van der Waals surface area contributed by atoms with Gasteiger partial charge in [0.15, 0.2) is 11.5 Å². The molecular formula is C27H36ClN5O5. The Morgan fingerprint density at radius 1 is 1.26 bits per heavy atom. The number of benzene rings is 1. The van der Waals surface area contributed by atoms with Crippen molar-refractivity contribution in [3.63, 3.8) is 0 Å². The van der Waals surface area contributed by atoms with E-state index in [-0.39, 0.29) is 24.3 Å². The number of nitrogens with one attached hydrogen (secondary N) is 1. The van der Waals surface area contributed by atoms with E-state index >= 15 is 0 Å². The molecule has 1 fully saturated rings. The summed E-state index contributed by atoms with van der Waals surface area (Å²) in [5.74, 6) is 1.70. The Hall–Kier alpha value is -3.34. The molecule has 0 unspecified atom stereocenters. The Morgan fingerprint density at radius 2 is 2.05 bits per heavy atom. The quantitative estimate of drug-likeness (QED) is 0.458. The van der Waals surface area contributed by atoms with E-state index in [4.69, 9.17) is 14.2 Å². The van der Waals surface area contributed by atoms with Crippen LogP contribution in [-0.4, -0.2) is 91.8 Å². The van der Waals surface area contributed by atoms with E-state index in [1.54, 1.807) is 36.2 Å². The van der Waals surface area contributed by atoms with E-state index < -0.39 is 0 Å². The van der Waals surface area contributed by atoms with Gasteiger partial charge in [-0.15, -0.1) is 12.4 Å². The maximum absolute atomic E-state index is 12.8. The van der Waals surface area contributed by atoms with Gasteiger partial charge in [0.1, 0.15) is 5.82 Å². The second-order valence-corrected chi connectivity index (χ2v) is 8.99. The van der Waals surface area contributed by atoms with Crippen molar-refractivity contribution in [2.45, 2.75) is 20.0 Å². The second-order valence-electron chi connectivity index (χ2n) is 8.99. The smallest absolute Gasteiger partial charge is 0.323 e. The minimum absolute atomic E-state index is 0. The number of ether oxygens (including phenoxy) is 3. The van der Waals surface area contributed by atoms with E-state index in [0.29, 0.717) is 43.6 Å². The van der Waals surface area contributed by atoms with Gasteiger partial charge in [-0.25, -0.2) is 9.78 Å². The number of amides is 3. The predicted octanol–water partition coefficient (Wildman–Crippen LogP) is 3.26. The number of likely N-dealkylation sites (N-methyl/N-ethyl adjacent to an activating group) is 1. The molecule has 0 saturated carbocycles. The van der Waals surface area contributed by atoms with Gasteiger partial charge in [0, 0.05) is 63.2 Å². The van der Waals surface area contributed by atoms with Gasteiger partial charge >= 0.3 is 6.03 Å². The standard InChI is InChI=1S/C27H35N5O5.ClH/c1-4-37-25-21(6-5-7-23(25)35-3)18-30(2)24(33)9-8-20-16-22-19-32(27(34)29-26(22)28-17-20)11-10-31-12-14-36-15-13-31;/h5-9,16-17H,4,10-15,18-19H2,1-3H3,(H,28,29,34);1H/b9-8+;. The first-order chi connectivity index (χ1) is 18.0. The summed E-state index contributed by atoms with van der Waals surface area (Å²) in [7, 11) is 3.34. The predicted molar refractivity (Wildman–Crippen MR) is 148 cm³/mol. The number of methoxy groups -OCH3 is 1. The SMILES string of the molecule is CCOc1c(CN(C)C(=O)/C=C/c2cnc3c(c2)CN(CCN2CCOCC2)C(=O)N3)cccc1OC.Cl. The maximum atomic E-state index is 12.8. The van der Waals surface area contributed by atoms with E-state index in [2.05, 4.69) is 15.2 Å². The van der Waals surface area contributed by atoms with E-state index in [9.17, 15) is 9.59 Å². The molecule has 3 amide bonds. The van der Waals surface area contributed by atoms with Gasteiger partial charge in [0.2, 0.25) is 5.91 Å². The normalized spacial score (nSPS) is 15.4. The molecule has 0 bridgehead atoms. The van der Waals surface area contributed by atoms with Crippen molar-refractivity contribution < 1.29 is 23.8 Å². The number of para-hydroxylation sites is 1. The van der Waals surface area contributed by atoms with Crippen molar-refractivity contribution in [2.75, 3.05) is 65.5 Å². The highest BCUT2D eigenvalue weighted by atomic mass is 35.5. The van der Waals surface area contributed by atoms with Crippen LogP contribution in [0.2, 0.25) is 0 Å². The van der Waals surface area contributed by atoms with Crippen molar-refractivity contribution >= 4 is 36.2 Å².